The second-order valence-electron chi connectivity index (χ2n) is 9.45. The first-order valence-corrected chi connectivity index (χ1v) is 9.03. The minimum atomic E-state index is -0.830. The van der Waals surface area contributed by atoms with Crippen LogP contribution in [0.5, 0.6) is 0 Å². The van der Waals surface area contributed by atoms with E-state index < -0.39 is 11.2 Å². The molecule has 2 rings (SSSR count). The van der Waals surface area contributed by atoms with Gasteiger partial charge in [0.15, 0.2) is 0 Å². The Bertz CT molecular complexity index is 421. The Balaban J connectivity index is 2.28. The summed E-state index contributed by atoms with van der Waals surface area (Å²) in [4.78, 5) is 0. The molecule has 2 heteroatoms. The zero-order valence-electron chi connectivity index (χ0n) is 15.3. The number of aliphatic hydroxyl groups is 2. The van der Waals surface area contributed by atoms with Gasteiger partial charge in [-0.05, 0) is 75.0 Å². The highest BCUT2D eigenvalue weighted by atomic mass is 16.3. The molecule has 22 heavy (non-hydrogen) atoms. The van der Waals surface area contributed by atoms with Crippen molar-refractivity contribution >= 4 is 0 Å². The number of hydrogen-bond acceptors (Lipinski definition) is 2. The average Bonchev–Trinajstić information content (AvgIpc) is 2.35. The van der Waals surface area contributed by atoms with E-state index in [4.69, 9.17) is 0 Å². The molecular weight excluding hydrogens is 272 g/mol. The van der Waals surface area contributed by atoms with Crippen molar-refractivity contribution in [1.82, 2.24) is 0 Å². The van der Waals surface area contributed by atoms with Crippen LogP contribution in [-0.2, 0) is 0 Å². The van der Waals surface area contributed by atoms with Gasteiger partial charge in [-0.15, -0.1) is 6.58 Å². The molecule has 2 nitrogen and oxygen atoms in total. The molecule has 2 N–H and O–H groups in total. The highest BCUT2D eigenvalue weighted by molar-refractivity contribution is 5.08. The molecule has 0 heterocycles. The first-order chi connectivity index (χ1) is 9.95. The second-order valence-corrected chi connectivity index (χ2v) is 9.45. The van der Waals surface area contributed by atoms with E-state index in [-0.39, 0.29) is 11.3 Å². The Kier molecular flexibility index (Phi) is 4.61. The maximum absolute atomic E-state index is 11.1. The third-order valence-corrected chi connectivity index (χ3v) is 7.14. The topological polar surface area (TPSA) is 40.5 Å². The SMILES string of the molecule is C=C[C@](C)(O)CC[C@H]1[C@]2(C)CCCC(C)(C)[C@@H]2CC[C@@]1(C)O. The van der Waals surface area contributed by atoms with E-state index in [1.165, 1.54) is 19.3 Å². The van der Waals surface area contributed by atoms with Crippen LogP contribution in [-0.4, -0.2) is 21.4 Å². The normalized spacial score (nSPS) is 44.0. The molecule has 0 aromatic heterocycles. The van der Waals surface area contributed by atoms with Gasteiger partial charge in [0.25, 0.3) is 0 Å². The maximum Gasteiger partial charge on any atom is 0.0797 e. The van der Waals surface area contributed by atoms with Gasteiger partial charge in [0, 0.05) is 0 Å². The lowest BCUT2D eigenvalue weighted by atomic mass is 9.45. The van der Waals surface area contributed by atoms with Crippen molar-refractivity contribution in [3.05, 3.63) is 12.7 Å². The van der Waals surface area contributed by atoms with Crippen LogP contribution in [0.25, 0.3) is 0 Å². The van der Waals surface area contributed by atoms with Crippen molar-refractivity contribution in [2.75, 3.05) is 0 Å². The van der Waals surface area contributed by atoms with Gasteiger partial charge < -0.3 is 10.2 Å². The molecule has 2 fully saturated rings. The Labute approximate surface area is 137 Å². The second kappa shape index (κ2) is 5.63. The highest BCUT2D eigenvalue weighted by Gasteiger charge is 2.57. The van der Waals surface area contributed by atoms with E-state index in [1.54, 1.807) is 6.08 Å². The molecule has 0 bridgehead atoms. The first-order valence-electron chi connectivity index (χ1n) is 9.03. The minimum Gasteiger partial charge on any atom is -0.390 e. The van der Waals surface area contributed by atoms with E-state index >= 15 is 0 Å². The Morgan fingerprint density at radius 2 is 1.82 bits per heavy atom. The Morgan fingerprint density at radius 1 is 1.18 bits per heavy atom. The summed E-state index contributed by atoms with van der Waals surface area (Å²) in [6.45, 7) is 14.8. The van der Waals surface area contributed by atoms with Gasteiger partial charge in [-0.2, -0.15) is 0 Å². The molecule has 0 aliphatic heterocycles. The van der Waals surface area contributed by atoms with Crippen LogP contribution in [0.4, 0.5) is 0 Å². The van der Waals surface area contributed by atoms with E-state index in [9.17, 15) is 10.2 Å². The molecule has 0 saturated heterocycles. The van der Waals surface area contributed by atoms with E-state index in [2.05, 4.69) is 27.4 Å². The molecule has 2 aliphatic rings. The van der Waals surface area contributed by atoms with Gasteiger partial charge in [0.1, 0.15) is 0 Å². The van der Waals surface area contributed by atoms with Crippen LogP contribution in [0, 0.1) is 22.7 Å². The summed E-state index contributed by atoms with van der Waals surface area (Å²) in [5.41, 5.74) is -0.900. The lowest BCUT2D eigenvalue weighted by Crippen LogP contribution is -2.57. The Morgan fingerprint density at radius 3 is 2.41 bits per heavy atom. The summed E-state index contributed by atoms with van der Waals surface area (Å²) in [7, 11) is 0. The van der Waals surface area contributed by atoms with Crippen LogP contribution in [0.3, 0.4) is 0 Å². The summed E-state index contributed by atoms with van der Waals surface area (Å²) in [6.07, 6.45) is 8.96. The Hall–Kier alpha value is -0.340. The van der Waals surface area contributed by atoms with Crippen molar-refractivity contribution in [2.24, 2.45) is 22.7 Å². The lowest BCUT2D eigenvalue weighted by molar-refractivity contribution is -0.171. The third kappa shape index (κ3) is 3.14. The predicted molar refractivity (Wildman–Crippen MR) is 92.6 cm³/mol. The van der Waals surface area contributed by atoms with Crippen molar-refractivity contribution in [3.63, 3.8) is 0 Å². The summed E-state index contributed by atoms with van der Waals surface area (Å²) in [5.74, 6) is 0.928. The molecule has 2 aliphatic carbocycles. The van der Waals surface area contributed by atoms with Crippen LogP contribution in [0.15, 0.2) is 12.7 Å². The fourth-order valence-corrected chi connectivity index (χ4v) is 5.80. The predicted octanol–water partition coefficient (Wildman–Crippen LogP) is 4.70. The quantitative estimate of drug-likeness (QED) is 0.739. The summed E-state index contributed by atoms with van der Waals surface area (Å²) >= 11 is 0. The molecule has 0 aromatic rings. The molecular formula is C20H36O2. The average molecular weight is 309 g/mol. The van der Waals surface area contributed by atoms with Gasteiger partial charge in [0.05, 0.1) is 11.2 Å². The molecule has 5 atom stereocenters. The van der Waals surface area contributed by atoms with Crippen molar-refractivity contribution in [1.29, 1.82) is 0 Å². The number of hydrogen-bond donors (Lipinski definition) is 2. The smallest absolute Gasteiger partial charge is 0.0797 e. The first kappa shape index (κ1) is 18.0. The standard InChI is InChI=1S/C20H36O2/c1-7-18(4,21)13-9-16-19(5)12-8-11-17(2,3)15(19)10-14-20(16,6)22/h7,15-16,21-22H,1,8-14H2,2-6H3/t15-,16-,18-,19+,20+/m0/s1. The summed E-state index contributed by atoms with van der Waals surface area (Å²) in [6, 6.07) is 0. The van der Waals surface area contributed by atoms with Crippen molar-refractivity contribution < 1.29 is 10.2 Å². The summed E-state index contributed by atoms with van der Waals surface area (Å²) < 4.78 is 0. The molecule has 128 valence electrons. The largest absolute Gasteiger partial charge is 0.390 e. The lowest BCUT2D eigenvalue weighted by Gasteiger charge is -2.61. The third-order valence-electron chi connectivity index (χ3n) is 7.14. The summed E-state index contributed by atoms with van der Waals surface area (Å²) in [5, 5.41) is 21.4. The van der Waals surface area contributed by atoms with Gasteiger partial charge in [-0.3, -0.25) is 0 Å². The van der Waals surface area contributed by atoms with Crippen LogP contribution in [0.1, 0.15) is 79.6 Å². The van der Waals surface area contributed by atoms with E-state index in [0.717, 1.165) is 19.3 Å². The van der Waals surface area contributed by atoms with Crippen LogP contribution < -0.4 is 0 Å². The zero-order valence-corrected chi connectivity index (χ0v) is 15.3. The molecule has 0 spiro atoms. The highest BCUT2D eigenvalue weighted by Crippen LogP contribution is 2.63. The molecule has 0 unspecified atom stereocenters. The van der Waals surface area contributed by atoms with Gasteiger partial charge in [-0.1, -0.05) is 33.3 Å². The fourth-order valence-electron chi connectivity index (χ4n) is 5.80. The van der Waals surface area contributed by atoms with Gasteiger partial charge in [0.2, 0.25) is 0 Å². The van der Waals surface area contributed by atoms with Crippen molar-refractivity contribution in [3.8, 4) is 0 Å². The fraction of sp³-hybridized carbons (Fsp3) is 0.900. The van der Waals surface area contributed by atoms with Gasteiger partial charge in [-0.25, -0.2) is 0 Å². The van der Waals surface area contributed by atoms with Crippen LogP contribution >= 0.6 is 0 Å². The zero-order chi connectivity index (χ0) is 16.8. The van der Waals surface area contributed by atoms with Crippen molar-refractivity contribution in [2.45, 2.75) is 90.8 Å². The van der Waals surface area contributed by atoms with E-state index in [0.29, 0.717) is 17.8 Å². The monoisotopic (exact) mass is 308 g/mol. The minimum absolute atomic E-state index is 0.181. The maximum atomic E-state index is 11.1. The molecule has 2 saturated carbocycles. The number of rotatable bonds is 4. The number of fused-ring (bicyclic) bond motifs is 1. The molecule has 0 radical (unpaired) electrons. The van der Waals surface area contributed by atoms with Crippen LogP contribution in [0.2, 0.25) is 0 Å². The van der Waals surface area contributed by atoms with Gasteiger partial charge >= 0.3 is 0 Å². The van der Waals surface area contributed by atoms with E-state index in [1.807, 2.05) is 13.8 Å². The molecule has 0 amide bonds. The molecule has 0 aromatic carbocycles.